The molecule has 1 aliphatic rings. The van der Waals surface area contributed by atoms with Crippen LogP contribution >= 0.6 is 0 Å². The Balaban J connectivity index is 2.24. The second-order valence-corrected chi connectivity index (χ2v) is 4.09. The molecule has 0 radical (unpaired) electrons. The van der Waals surface area contributed by atoms with Gasteiger partial charge in [-0.1, -0.05) is 13.8 Å². The summed E-state index contributed by atoms with van der Waals surface area (Å²) in [6.45, 7) is 4.24. The van der Waals surface area contributed by atoms with Crippen LogP contribution in [0.3, 0.4) is 0 Å². The van der Waals surface area contributed by atoms with Crippen LogP contribution in [0.4, 0.5) is 0 Å². The van der Waals surface area contributed by atoms with Crippen molar-refractivity contribution in [3.8, 4) is 0 Å². The zero-order valence-electron chi connectivity index (χ0n) is 8.93. The lowest BCUT2D eigenvalue weighted by Gasteiger charge is -2.10. The Labute approximate surface area is 88.4 Å². The van der Waals surface area contributed by atoms with Crippen LogP contribution in [-0.2, 0) is 19.1 Å². The Hall–Kier alpha value is -1.10. The molecule has 1 saturated heterocycles. The molecule has 1 fully saturated rings. The molecule has 0 bridgehead atoms. The monoisotopic (exact) mass is 216 g/mol. The van der Waals surface area contributed by atoms with Crippen LogP contribution in [0, 0.1) is 5.92 Å². The van der Waals surface area contributed by atoms with E-state index in [9.17, 15) is 9.59 Å². The average molecular weight is 216 g/mol. The van der Waals surface area contributed by atoms with E-state index in [1.54, 1.807) is 0 Å². The van der Waals surface area contributed by atoms with Gasteiger partial charge in [-0.15, -0.1) is 0 Å². The number of cyclic esters (lactones) is 1. The number of hydrogen-bond donors (Lipinski definition) is 1. The number of rotatable bonds is 4. The minimum Gasteiger partial charge on any atom is -0.465 e. The normalized spacial score (nSPS) is 25.5. The molecule has 0 aromatic heterocycles. The average Bonchev–Trinajstić information content (AvgIpc) is 2.42. The van der Waals surface area contributed by atoms with Crippen molar-refractivity contribution in [1.82, 2.24) is 0 Å². The van der Waals surface area contributed by atoms with Gasteiger partial charge in [-0.05, 0) is 5.92 Å². The molecule has 1 rings (SSSR count). The van der Waals surface area contributed by atoms with Gasteiger partial charge in [-0.2, -0.15) is 0 Å². The minimum absolute atomic E-state index is 0.0233. The first kappa shape index (κ1) is 12.0. The maximum Gasteiger partial charge on any atom is 0.335 e. The van der Waals surface area contributed by atoms with E-state index in [-0.39, 0.29) is 18.8 Å². The van der Waals surface area contributed by atoms with Crippen molar-refractivity contribution in [3.63, 3.8) is 0 Å². The molecule has 0 spiro atoms. The van der Waals surface area contributed by atoms with Gasteiger partial charge in [0.05, 0.1) is 13.0 Å². The van der Waals surface area contributed by atoms with Gasteiger partial charge in [-0.3, -0.25) is 4.79 Å². The van der Waals surface area contributed by atoms with Gasteiger partial charge in [0.2, 0.25) is 0 Å². The first-order valence-electron chi connectivity index (χ1n) is 5.03. The zero-order chi connectivity index (χ0) is 11.4. The Morgan fingerprint density at radius 3 is 2.80 bits per heavy atom. The number of aliphatic hydroxyl groups is 1. The molecule has 15 heavy (non-hydrogen) atoms. The van der Waals surface area contributed by atoms with Gasteiger partial charge in [0.1, 0.15) is 6.10 Å². The van der Waals surface area contributed by atoms with E-state index < -0.39 is 24.1 Å². The highest BCUT2D eigenvalue weighted by Crippen LogP contribution is 2.18. The van der Waals surface area contributed by atoms with E-state index in [0.29, 0.717) is 6.61 Å². The molecule has 0 amide bonds. The zero-order valence-corrected chi connectivity index (χ0v) is 8.93. The van der Waals surface area contributed by atoms with Gasteiger partial charge in [0, 0.05) is 6.42 Å². The SMILES string of the molecule is CC(C)COC(=O)C[C@H]1C[C@@H](O)C(=O)O1. The van der Waals surface area contributed by atoms with E-state index in [2.05, 4.69) is 0 Å². The highest BCUT2D eigenvalue weighted by Gasteiger charge is 2.34. The summed E-state index contributed by atoms with van der Waals surface area (Å²) in [7, 11) is 0. The third-order valence-corrected chi connectivity index (χ3v) is 2.01. The minimum atomic E-state index is -1.09. The largest absolute Gasteiger partial charge is 0.465 e. The Kier molecular flexibility index (Phi) is 4.08. The van der Waals surface area contributed by atoms with Crippen molar-refractivity contribution in [1.29, 1.82) is 0 Å². The molecule has 1 aliphatic heterocycles. The van der Waals surface area contributed by atoms with Gasteiger partial charge in [-0.25, -0.2) is 4.79 Å². The van der Waals surface area contributed by atoms with Crippen molar-refractivity contribution in [2.75, 3.05) is 6.61 Å². The van der Waals surface area contributed by atoms with Gasteiger partial charge in [0.15, 0.2) is 6.10 Å². The molecule has 0 saturated carbocycles. The summed E-state index contributed by atoms with van der Waals surface area (Å²) in [6, 6.07) is 0. The quantitative estimate of drug-likeness (QED) is 0.682. The number of esters is 2. The van der Waals surface area contributed by atoms with Crippen LogP contribution in [0.5, 0.6) is 0 Å². The fourth-order valence-electron chi connectivity index (χ4n) is 1.27. The Bertz CT molecular complexity index is 248. The summed E-state index contributed by atoms with van der Waals surface area (Å²) in [4.78, 5) is 22.0. The number of ether oxygens (including phenoxy) is 2. The lowest BCUT2D eigenvalue weighted by molar-refractivity contribution is -0.152. The molecule has 5 nitrogen and oxygen atoms in total. The van der Waals surface area contributed by atoms with Gasteiger partial charge >= 0.3 is 11.9 Å². The third kappa shape index (κ3) is 3.87. The number of carbonyl (C=O) groups is 2. The van der Waals surface area contributed by atoms with Gasteiger partial charge < -0.3 is 14.6 Å². The van der Waals surface area contributed by atoms with E-state index in [4.69, 9.17) is 14.6 Å². The second kappa shape index (κ2) is 5.11. The molecule has 5 heteroatoms. The molecule has 0 unspecified atom stereocenters. The molecule has 1 N–H and O–H groups in total. The summed E-state index contributed by atoms with van der Waals surface area (Å²) in [5.41, 5.74) is 0. The van der Waals surface area contributed by atoms with Crippen LogP contribution in [0.15, 0.2) is 0 Å². The summed E-state index contributed by atoms with van der Waals surface area (Å²) < 4.78 is 9.69. The van der Waals surface area contributed by atoms with E-state index in [1.807, 2.05) is 13.8 Å². The lowest BCUT2D eigenvalue weighted by atomic mass is 10.1. The van der Waals surface area contributed by atoms with Crippen LogP contribution in [0.1, 0.15) is 26.7 Å². The topological polar surface area (TPSA) is 72.8 Å². The van der Waals surface area contributed by atoms with Crippen LogP contribution < -0.4 is 0 Å². The number of aliphatic hydroxyl groups excluding tert-OH is 1. The van der Waals surface area contributed by atoms with Crippen LogP contribution in [0.2, 0.25) is 0 Å². The second-order valence-electron chi connectivity index (χ2n) is 4.09. The van der Waals surface area contributed by atoms with Crippen molar-refractivity contribution in [2.45, 2.75) is 38.9 Å². The molecule has 0 aromatic rings. The summed E-state index contributed by atoms with van der Waals surface area (Å²) in [6.07, 6.45) is -1.43. The highest BCUT2D eigenvalue weighted by atomic mass is 16.6. The van der Waals surface area contributed by atoms with Crippen molar-refractivity contribution >= 4 is 11.9 Å². The molecule has 86 valence electrons. The first-order chi connectivity index (χ1) is 6.99. The maximum absolute atomic E-state index is 11.2. The predicted octanol–water partition coefficient (Wildman–Crippen LogP) is 0.252. The summed E-state index contributed by atoms with van der Waals surface area (Å²) in [5, 5.41) is 9.07. The maximum atomic E-state index is 11.2. The number of hydrogen-bond acceptors (Lipinski definition) is 5. The Morgan fingerprint density at radius 2 is 2.33 bits per heavy atom. The molecule has 1 heterocycles. The van der Waals surface area contributed by atoms with Crippen LogP contribution in [0.25, 0.3) is 0 Å². The smallest absolute Gasteiger partial charge is 0.335 e. The molecule has 2 atom stereocenters. The first-order valence-corrected chi connectivity index (χ1v) is 5.03. The van der Waals surface area contributed by atoms with Crippen molar-refractivity contribution in [2.24, 2.45) is 5.92 Å². The standard InChI is InChI=1S/C10H16O5/c1-6(2)5-14-9(12)4-7-3-8(11)10(13)15-7/h6-8,11H,3-5H2,1-2H3/t7-,8-/m1/s1. The third-order valence-electron chi connectivity index (χ3n) is 2.01. The number of carbonyl (C=O) groups excluding carboxylic acids is 2. The highest BCUT2D eigenvalue weighted by molar-refractivity contribution is 5.78. The fourth-order valence-corrected chi connectivity index (χ4v) is 1.27. The summed E-state index contributed by atoms with van der Waals surface area (Å²) >= 11 is 0. The fraction of sp³-hybridized carbons (Fsp3) is 0.800. The van der Waals surface area contributed by atoms with Crippen molar-refractivity contribution < 1.29 is 24.2 Å². The molecular weight excluding hydrogens is 200 g/mol. The van der Waals surface area contributed by atoms with Crippen LogP contribution in [-0.4, -0.2) is 35.9 Å². The van der Waals surface area contributed by atoms with Crippen molar-refractivity contribution in [3.05, 3.63) is 0 Å². The van der Waals surface area contributed by atoms with E-state index in [0.717, 1.165) is 0 Å². The molecule has 0 aliphatic carbocycles. The summed E-state index contributed by atoms with van der Waals surface area (Å²) in [5.74, 6) is -0.766. The van der Waals surface area contributed by atoms with Gasteiger partial charge in [0.25, 0.3) is 0 Å². The molecule has 0 aromatic carbocycles. The van der Waals surface area contributed by atoms with E-state index >= 15 is 0 Å². The predicted molar refractivity (Wildman–Crippen MR) is 50.9 cm³/mol. The molecular formula is C10H16O5. The Morgan fingerprint density at radius 1 is 1.67 bits per heavy atom. The van der Waals surface area contributed by atoms with E-state index in [1.165, 1.54) is 0 Å². The lowest BCUT2D eigenvalue weighted by Crippen LogP contribution is -2.17.